The molecule has 0 amide bonds. The Kier molecular flexibility index (Phi) is 12.2. The van der Waals surface area contributed by atoms with E-state index in [9.17, 15) is 0 Å². The molecule has 0 saturated carbocycles. The molecule has 3 atom stereocenters. The quantitative estimate of drug-likeness (QED) is 0.110. The third-order valence-corrected chi connectivity index (χ3v) is 16.9. The van der Waals surface area contributed by atoms with E-state index in [4.69, 9.17) is 9.98 Å². The summed E-state index contributed by atoms with van der Waals surface area (Å²) in [5.74, 6) is 1.38. The number of aliphatic imine (C=N–C) groups is 2. The van der Waals surface area contributed by atoms with Crippen LogP contribution < -0.4 is 21.3 Å². The highest BCUT2D eigenvalue weighted by Crippen LogP contribution is 2.44. The Labute approximate surface area is 486 Å². The first-order valence-electron chi connectivity index (χ1n) is 28.9. The van der Waals surface area contributed by atoms with E-state index in [1.54, 1.807) is 0 Å². The first-order chi connectivity index (χ1) is 41.6. The number of aromatic nitrogens is 2. The van der Waals surface area contributed by atoms with E-state index in [1.165, 1.54) is 38.1 Å². The number of nitrogens with one attached hydrogen (secondary N) is 4. The molecule has 8 heteroatoms. The molecule has 1 saturated heterocycles. The lowest BCUT2D eigenvalue weighted by molar-refractivity contribution is 0.203. The third-order valence-electron chi connectivity index (χ3n) is 16.9. The van der Waals surface area contributed by atoms with E-state index < -0.39 is 6.17 Å². The maximum absolute atomic E-state index is 5.65. The van der Waals surface area contributed by atoms with E-state index in [0.717, 1.165) is 89.2 Å². The minimum absolute atomic E-state index is 0.250. The van der Waals surface area contributed by atoms with E-state index in [-0.39, 0.29) is 18.5 Å². The highest BCUT2D eigenvalue weighted by atomic mass is 15.4. The van der Waals surface area contributed by atoms with Crippen molar-refractivity contribution in [2.24, 2.45) is 9.98 Å². The first kappa shape index (κ1) is 49.3. The number of rotatable bonds is 10. The minimum atomic E-state index is -0.423. The normalized spacial score (nSPS) is 17.1. The smallest absolute Gasteiger partial charge is 0.161 e. The summed E-state index contributed by atoms with van der Waals surface area (Å²) in [7, 11) is 0. The van der Waals surface area contributed by atoms with Crippen LogP contribution >= 0.6 is 0 Å². The molecule has 0 radical (unpaired) electrons. The van der Waals surface area contributed by atoms with E-state index in [2.05, 4.69) is 316 Å². The van der Waals surface area contributed by atoms with E-state index in [0.29, 0.717) is 5.84 Å². The van der Waals surface area contributed by atoms with Crippen LogP contribution in [0.15, 0.2) is 301 Å². The Bertz CT molecular complexity index is 4780. The molecule has 2 aliphatic heterocycles. The van der Waals surface area contributed by atoms with Crippen LogP contribution in [0, 0.1) is 0 Å². The van der Waals surface area contributed by atoms with E-state index >= 15 is 0 Å². The van der Waals surface area contributed by atoms with Gasteiger partial charge in [-0.3, -0.25) is 16.0 Å². The molecule has 0 bridgehead atoms. The number of benzene rings is 12. The molecule has 16 rings (SSSR count). The molecule has 1 fully saturated rings. The van der Waals surface area contributed by atoms with Gasteiger partial charge in [0.05, 0.1) is 46.3 Å². The van der Waals surface area contributed by atoms with Crippen molar-refractivity contribution in [3.8, 4) is 33.6 Å². The van der Waals surface area contributed by atoms with Gasteiger partial charge < -0.3 is 14.5 Å². The third kappa shape index (κ3) is 8.76. The lowest BCUT2D eigenvalue weighted by Gasteiger charge is -2.40. The second-order valence-corrected chi connectivity index (χ2v) is 21.9. The summed E-state index contributed by atoms with van der Waals surface area (Å²) in [6, 6.07) is 105. The van der Waals surface area contributed by atoms with Crippen molar-refractivity contribution < 1.29 is 0 Å². The second kappa shape index (κ2) is 20.8. The zero-order valence-electron chi connectivity index (χ0n) is 45.8. The SMILES string of the molecule is c1ccc(C2=NC(c3cc(C4NC(c5cccc(-c6ccccc6)c5)NC(c5cccc(-c6ccccc6)c5)N4)ccc3-n3c4ccccc4c4ccc5c(c6ccccc6n5-c5ccc6ccccc6c5)c43)=NC(c3ccccc3)N2)cc1. The zero-order chi connectivity index (χ0) is 55.5. The molecule has 12 aromatic carbocycles. The molecular weight excluding hydrogens is 1020 g/mol. The van der Waals surface area contributed by atoms with Gasteiger partial charge in [-0.25, -0.2) is 9.98 Å². The number of para-hydroxylation sites is 2. The Hall–Kier alpha value is -10.5. The molecule has 0 spiro atoms. The van der Waals surface area contributed by atoms with Gasteiger partial charge in [-0.2, -0.15) is 0 Å². The number of fused-ring (bicyclic) bond motifs is 8. The lowest BCUT2D eigenvalue weighted by atomic mass is 9.98. The summed E-state index contributed by atoms with van der Waals surface area (Å²) >= 11 is 0. The minimum Gasteiger partial charge on any atom is -0.344 e. The highest BCUT2D eigenvalue weighted by molar-refractivity contribution is 6.27. The lowest BCUT2D eigenvalue weighted by Crippen LogP contribution is -2.54. The van der Waals surface area contributed by atoms with Gasteiger partial charge in [0.15, 0.2) is 5.84 Å². The molecule has 2 aromatic heterocycles. The number of hydrogen-bond acceptors (Lipinski definition) is 6. The Morgan fingerprint density at radius 2 is 0.857 bits per heavy atom. The van der Waals surface area contributed by atoms with Crippen LogP contribution in [-0.2, 0) is 0 Å². The van der Waals surface area contributed by atoms with Crippen molar-refractivity contribution >= 4 is 66.1 Å². The van der Waals surface area contributed by atoms with Gasteiger partial charge >= 0.3 is 0 Å². The summed E-state index contributed by atoms with van der Waals surface area (Å²) in [4.78, 5) is 11.2. The van der Waals surface area contributed by atoms with Crippen molar-refractivity contribution in [1.29, 1.82) is 0 Å². The summed E-state index contributed by atoms with van der Waals surface area (Å²) in [6.45, 7) is 0. The van der Waals surface area contributed by atoms with Crippen molar-refractivity contribution in [1.82, 2.24) is 30.4 Å². The maximum atomic E-state index is 5.65. The van der Waals surface area contributed by atoms with Crippen molar-refractivity contribution in [2.45, 2.75) is 24.7 Å². The van der Waals surface area contributed by atoms with E-state index in [1.807, 2.05) is 6.07 Å². The Balaban J connectivity index is 0.933. The molecule has 3 unspecified atom stereocenters. The van der Waals surface area contributed by atoms with Crippen LogP contribution in [0.25, 0.3) is 88.0 Å². The first-order valence-corrected chi connectivity index (χ1v) is 28.9. The average molecular weight is 1080 g/mol. The average Bonchev–Trinajstić information content (AvgIpc) is 3.11. The Morgan fingerprint density at radius 3 is 1.51 bits per heavy atom. The highest BCUT2D eigenvalue weighted by Gasteiger charge is 2.33. The predicted octanol–water partition coefficient (Wildman–Crippen LogP) is 17.0. The molecule has 0 aliphatic carbocycles. The maximum Gasteiger partial charge on any atom is 0.161 e. The van der Waals surface area contributed by atoms with Crippen molar-refractivity contribution in [2.75, 3.05) is 0 Å². The fourth-order valence-electron chi connectivity index (χ4n) is 12.9. The van der Waals surface area contributed by atoms with Crippen LogP contribution in [0.2, 0.25) is 0 Å². The molecule has 4 heterocycles. The second-order valence-electron chi connectivity index (χ2n) is 21.9. The van der Waals surface area contributed by atoms with Gasteiger partial charge in [-0.15, -0.1) is 0 Å². The summed E-state index contributed by atoms with van der Waals surface area (Å²) in [5.41, 5.74) is 17.4. The van der Waals surface area contributed by atoms with Crippen LogP contribution in [0.5, 0.6) is 0 Å². The van der Waals surface area contributed by atoms with Crippen molar-refractivity contribution in [3.05, 3.63) is 325 Å². The van der Waals surface area contributed by atoms with Crippen molar-refractivity contribution in [3.63, 3.8) is 0 Å². The number of amidine groups is 2. The van der Waals surface area contributed by atoms with Gasteiger partial charge in [0.1, 0.15) is 12.0 Å². The zero-order valence-corrected chi connectivity index (χ0v) is 45.8. The fourth-order valence-corrected chi connectivity index (χ4v) is 12.9. The predicted molar refractivity (Wildman–Crippen MR) is 346 cm³/mol. The monoisotopic (exact) mass is 1080 g/mol. The van der Waals surface area contributed by atoms with Crippen LogP contribution in [0.4, 0.5) is 0 Å². The van der Waals surface area contributed by atoms with Gasteiger partial charge in [0.25, 0.3) is 0 Å². The van der Waals surface area contributed by atoms with Crippen LogP contribution in [-0.4, -0.2) is 20.8 Å². The molecule has 8 nitrogen and oxygen atoms in total. The van der Waals surface area contributed by atoms with Gasteiger partial charge in [-0.05, 0) is 110 Å². The number of nitrogens with zero attached hydrogens (tertiary/aromatic N) is 4. The molecule has 84 heavy (non-hydrogen) atoms. The largest absolute Gasteiger partial charge is 0.344 e. The standard InChI is InChI=1S/C76H56N8/c1-5-21-49(22-6-1)54-31-19-33-57(45-54)73-78-74(58-34-20-32-55(46-58)50-23-7-2-8-24-50)80-75(79-73)59-40-43-67(64(48-59)76-81-71(52-26-9-3-10-27-52)77-72(82-76)53-28-11-4-12-29-53)84-65-37-17-15-35-61(65)62-42-44-68-69(70(62)84)63-36-16-18-38-66(63)83(68)60-41-39-51-25-13-14-30-56(51)47-60/h1-48,71,73-75,78-80H,(H,77,81,82). The molecule has 400 valence electrons. The van der Waals surface area contributed by atoms with Gasteiger partial charge in [0.2, 0.25) is 0 Å². The Morgan fingerprint density at radius 1 is 0.333 bits per heavy atom. The summed E-state index contributed by atoms with van der Waals surface area (Å²) < 4.78 is 4.93. The van der Waals surface area contributed by atoms with Crippen LogP contribution in [0.1, 0.15) is 58.0 Å². The summed E-state index contributed by atoms with van der Waals surface area (Å²) in [6.07, 6.45) is -1.27. The molecule has 14 aromatic rings. The number of hydrogen-bond donors (Lipinski definition) is 4. The van der Waals surface area contributed by atoms with Gasteiger partial charge in [0, 0.05) is 38.4 Å². The molecule has 2 aliphatic rings. The summed E-state index contributed by atoms with van der Waals surface area (Å²) in [5, 5.41) is 23.0. The fraction of sp³-hybridized carbons (Fsp3) is 0.0526. The van der Waals surface area contributed by atoms with Gasteiger partial charge in [-0.1, -0.05) is 237 Å². The van der Waals surface area contributed by atoms with Crippen LogP contribution in [0.3, 0.4) is 0 Å². The molecular formula is C76H56N8. The molecule has 4 N–H and O–H groups in total. The topological polar surface area (TPSA) is 82.7 Å².